The Kier molecular flexibility index (Phi) is 7.56. The number of rotatable bonds is 5. The molecule has 0 radical (unpaired) electrons. The number of hydrogen-bond acceptors (Lipinski definition) is 3. The minimum Gasteiger partial charge on any atom is -0.332 e. The van der Waals surface area contributed by atoms with E-state index < -0.39 is 64.3 Å². The summed E-state index contributed by atoms with van der Waals surface area (Å²) in [4.78, 5) is 23.9. The van der Waals surface area contributed by atoms with E-state index >= 15 is 0 Å². The van der Waals surface area contributed by atoms with Crippen molar-refractivity contribution in [3.05, 3.63) is 10.4 Å². The molecule has 0 saturated heterocycles. The Morgan fingerprint density at radius 3 is 1.40 bits per heavy atom. The summed E-state index contributed by atoms with van der Waals surface area (Å²) in [5.74, 6) is -4.22. The number of ketones is 1. The number of nitrogens with zero attached hydrogens (tertiary/aromatic N) is 3. The summed E-state index contributed by atoms with van der Waals surface area (Å²) in [6.07, 6.45) is -29.0. The van der Waals surface area contributed by atoms with E-state index in [0.29, 0.717) is 0 Å². The molecule has 21 heteroatoms. The molecule has 0 aliphatic rings. The summed E-state index contributed by atoms with van der Waals surface area (Å²) >= 11 is -2.69. The smallest absolute Gasteiger partial charge is 0.332 e. The van der Waals surface area contributed by atoms with Crippen LogP contribution in [0.1, 0.15) is 0 Å². The number of Topliss-reactive ketones (excluding diaryl/α,β-unsaturated/α-hetero) is 1. The fraction of sp³-hybridized carbons (Fsp3) is 0.778. The fourth-order valence-electron chi connectivity index (χ4n) is 1.41. The van der Waals surface area contributed by atoms with Crippen molar-refractivity contribution in [3.8, 4) is 0 Å². The third-order valence-corrected chi connectivity index (χ3v) is 4.11. The van der Waals surface area contributed by atoms with Crippen LogP contribution in [0, 0.1) is 0 Å². The van der Waals surface area contributed by atoms with Gasteiger partial charge in [-0.25, -0.2) is 8.78 Å². The Morgan fingerprint density at radius 1 is 0.767 bits per heavy atom. The Hall–Kier alpha value is -2.18. The molecule has 0 saturated carbocycles. The van der Waals surface area contributed by atoms with Crippen LogP contribution in [0.25, 0.3) is 10.4 Å². The summed E-state index contributed by atoms with van der Waals surface area (Å²) in [5.41, 5.74) is 0.682. The van der Waals surface area contributed by atoms with Gasteiger partial charge in [0.25, 0.3) is 0 Å². The third kappa shape index (κ3) is 5.10. The number of thioether (sulfide) groups is 1. The van der Waals surface area contributed by atoms with Gasteiger partial charge in [0.15, 0.2) is 0 Å². The quantitative estimate of drug-likeness (QED) is 0.185. The minimum absolute atomic E-state index is 0.242. The number of azide groups is 1. The number of urea groups is 1. The lowest BCUT2D eigenvalue weighted by Crippen LogP contribution is -2.64. The maximum Gasteiger partial charge on any atom is 0.441 e. The van der Waals surface area contributed by atoms with E-state index in [1.165, 1.54) is 4.91 Å². The van der Waals surface area contributed by atoms with Crippen molar-refractivity contribution in [3.63, 3.8) is 0 Å². The maximum absolute atomic E-state index is 13.7. The molecule has 0 aliphatic carbocycles. The first kappa shape index (κ1) is 27.8. The van der Waals surface area contributed by atoms with Gasteiger partial charge in [0, 0.05) is 10.0 Å². The molecule has 0 bridgehead atoms. The number of amides is 2. The number of hydrogen-bond donors (Lipinski definition) is 1. The molecule has 1 unspecified atom stereocenters. The Labute approximate surface area is 157 Å². The van der Waals surface area contributed by atoms with Crippen molar-refractivity contribution in [2.24, 2.45) is 5.11 Å². The van der Waals surface area contributed by atoms with Crippen LogP contribution in [0.2, 0.25) is 0 Å². The number of halogens is 14. The molecule has 0 aromatic heterocycles. The SMILES string of the molecule is [N-]=[N+]=NC(=O)NC(SC(F)(C(F)(F)F)C(F)(F)F)C(=O)C(F)(C(F)(F)F)C(F)(F)F. The van der Waals surface area contributed by atoms with Gasteiger partial charge < -0.3 is 5.32 Å². The van der Waals surface area contributed by atoms with Gasteiger partial charge in [-0.15, -0.1) is 0 Å². The van der Waals surface area contributed by atoms with Crippen molar-refractivity contribution >= 4 is 23.6 Å². The Morgan fingerprint density at radius 2 is 1.13 bits per heavy atom. The van der Waals surface area contributed by atoms with Crippen molar-refractivity contribution in [2.75, 3.05) is 0 Å². The Bertz CT molecular complexity index is 691. The maximum atomic E-state index is 13.7. The lowest BCUT2D eigenvalue weighted by molar-refractivity contribution is -0.325. The van der Waals surface area contributed by atoms with Crippen LogP contribution in [0.3, 0.4) is 0 Å². The second-order valence-electron chi connectivity index (χ2n) is 4.75. The van der Waals surface area contributed by atoms with Crippen LogP contribution < -0.4 is 5.32 Å². The van der Waals surface area contributed by atoms with Gasteiger partial charge in [-0.2, -0.15) is 52.7 Å². The predicted octanol–water partition coefficient (Wildman–Crippen LogP) is 5.26. The molecular formula is C9H2F14N4O2S. The standard InChI is InChI=1S/C9H2F14N4O2S/c10-4(6(12,13)14,7(15,16)17)1(28)2(25-3(29)26-27-24)30-5(11,8(18,19)20)9(21,22)23/h2H,(H,25,29). The highest BCUT2D eigenvalue weighted by atomic mass is 32.2. The van der Waals surface area contributed by atoms with Crippen LogP contribution in [0.4, 0.5) is 66.3 Å². The summed E-state index contributed by atoms with van der Waals surface area (Å²) in [5, 5.41) is -9.21. The molecular weight excluding hydrogens is 494 g/mol. The summed E-state index contributed by atoms with van der Waals surface area (Å²) < 4.78 is 178. The molecule has 0 heterocycles. The summed E-state index contributed by atoms with van der Waals surface area (Å²) in [7, 11) is 0. The zero-order chi connectivity index (χ0) is 24.6. The largest absolute Gasteiger partial charge is 0.441 e. The molecule has 174 valence electrons. The van der Waals surface area contributed by atoms with Gasteiger partial charge in [-0.05, 0) is 5.53 Å². The highest BCUT2D eigenvalue weighted by Crippen LogP contribution is 2.56. The number of nitrogens with one attached hydrogen (secondary N) is 1. The van der Waals surface area contributed by atoms with E-state index in [4.69, 9.17) is 5.53 Å². The second kappa shape index (κ2) is 8.16. The molecule has 0 aromatic rings. The number of carbonyl (C=O) groups is 2. The minimum atomic E-state index is -7.33. The first-order chi connectivity index (χ1) is 13.0. The van der Waals surface area contributed by atoms with Gasteiger partial charge in [-0.1, -0.05) is 11.8 Å². The monoisotopic (exact) mass is 496 g/mol. The summed E-state index contributed by atoms with van der Waals surface area (Å²) in [6, 6.07) is -2.64. The molecule has 0 aromatic carbocycles. The predicted molar refractivity (Wildman–Crippen MR) is 66.0 cm³/mol. The van der Waals surface area contributed by atoms with Gasteiger partial charge in [0.2, 0.25) is 5.78 Å². The van der Waals surface area contributed by atoms with Gasteiger partial charge in [-0.3, -0.25) is 9.59 Å². The molecule has 30 heavy (non-hydrogen) atoms. The van der Waals surface area contributed by atoms with Crippen LogP contribution in [0.15, 0.2) is 5.11 Å². The van der Waals surface area contributed by atoms with Gasteiger partial charge in [0.1, 0.15) is 5.37 Å². The highest BCUT2D eigenvalue weighted by Gasteiger charge is 2.80. The molecule has 0 rings (SSSR count). The van der Waals surface area contributed by atoms with E-state index in [1.807, 2.05) is 0 Å². The molecule has 2 amide bonds. The van der Waals surface area contributed by atoms with Crippen molar-refractivity contribution in [1.29, 1.82) is 0 Å². The normalized spacial score (nSPS) is 15.3. The average molecular weight is 496 g/mol. The first-order valence-corrected chi connectivity index (χ1v) is 7.07. The molecule has 0 fully saturated rings. The number of carbonyl (C=O) groups excluding carboxylic acids is 2. The van der Waals surface area contributed by atoms with E-state index in [9.17, 15) is 71.1 Å². The van der Waals surface area contributed by atoms with Crippen molar-refractivity contribution in [2.45, 2.75) is 40.7 Å². The van der Waals surface area contributed by atoms with Crippen molar-refractivity contribution < 1.29 is 71.1 Å². The molecule has 0 aliphatic heterocycles. The zero-order valence-electron chi connectivity index (χ0n) is 12.9. The highest BCUT2D eigenvalue weighted by molar-refractivity contribution is 8.01. The lowest BCUT2D eigenvalue weighted by Gasteiger charge is -2.35. The van der Waals surface area contributed by atoms with Crippen LogP contribution >= 0.6 is 11.8 Å². The van der Waals surface area contributed by atoms with E-state index in [-0.39, 0.29) is 5.32 Å². The Balaban J connectivity index is 6.73. The second-order valence-corrected chi connectivity index (χ2v) is 6.02. The van der Waals surface area contributed by atoms with Crippen LogP contribution in [0.5, 0.6) is 0 Å². The topological polar surface area (TPSA) is 94.9 Å². The average Bonchev–Trinajstić information content (AvgIpc) is 2.48. The number of alkyl halides is 14. The fourth-order valence-corrected chi connectivity index (χ4v) is 2.43. The molecule has 1 N–H and O–H groups in total. The van der Waals surface area contributed by atoms with Gasteiger partial charge >= 0.3 is 41.4 Å². The van der Waals surface area contributed by atoms with Crippen molar-refractivity contribution in [1.82, 2.24) is 5.32 Å². The van der Waals surface area contributed by atoms with E-state index in [0.717, 1.165) is 0 Å². The third-order valence-electron chi connectivity index (χ3n) is 2.76. The zero-order valence-corrected chi connectivity index (χ0v) is 13.8. The molecule has 1 atom stereocenters. The molecule has 6 nitrogen and oxygen atoms in total. The lowest BCUT2D eigenvalue weighted by atomic mass is 9.98. The first-order valence-electron chi connectivity index (χ1n) is 6.19. The van der Waals surface area contributed by atoms with Crippen LogP contribution in [-0.4, -0.2) is 52.6 Å². The summed E-state index contributed by atoms with van der Waals surface area (Å²) in [6.45, 7) is 0. The molecule has 0 spiro atoms. The van der Waals surface area contributed by atoms with Gasteiger partial charge in [0.05, 0.1) is 0 Å². The van der Waals surface area contributed by atoms with E-state index in [2.05, 4.69) is 0 Å². The van der Waals surface area contributed by atoms with Crippen LogP contribution in [-0.2, 0) is 4.79 Å². The van der Waals surface area contributed by atoms with E-state index in [1.54, 1.807) is 5.11 Å².